The Bertz CT molecular complexity index is 1090. The Balaban J connectivity index is 1.60. The number of ether oxygens (including phenoxy) is 1. The first-order valence-corrected chi connectivity index (χ1v) is 10.3. The van der Waals surface area contributed by atoms with Crippen molar-refractivity contribution < 1.29 is 26.7 Å². The average molecular weight is 432 g/mol. The molecule has 1 aliphatic heterocycles. The van der Waals surface area contributed by atoms with E-state index >= 15 is 0 Å². The maximum Gasteiger partial charge on any atom is 0.194 e. The van der Waals surface area contributed by atoms with E-state index in [0.717, 1.165) is 49.4 Å². The van der Waals surface area contributed by atoms with Gasteiger partial charge >= 0.3 is 0 Å². The summed E-state index contributed by atoms with van der Waals surface area (Å²) >= 11 is 0. The predicted molar refractivity (Wildman–Crippen MR) is 109 cm³/mol. The van der Waals surface area contributed by atoms with Gasteiger partial charge < -0.3 is 4.74 Å². The molecular weight excluding hydrogens is 411 g/mol. The Labute approximate surface area is 177 Å². The van der Waals surface area contributed by atoms with Crippen molar-refractivity contribution in [3.63, 3.8) is 0 Å². The van der Waals surface area contributed by atoms with Crippen LogP contribution >= 0.6 is 0 Å². The summed E-state index contributed by atoms with van der Waals surface area (Å²) in [6.45, 7) is 2.10. The Kier molecular flexibility index (Phi) is 6.10. The Morgan fingerprint density at radius 3 is 2.00 bits per heavy atom. The molecule has 1 aliphatic rings. The molecule has 0 N–H and O–H groups in total. The second kappa shape index (κ2) is 8.79. The fraction of sp³-hybridized carbons (Fsp3) is 0.280. The number of benzene rings is 3. The quantitative estimate of drug-likeness (QED) is 0.296. The molecule has 1 heterocycles. The molecule has 2 atom stereocenters. The molecule has 1 saturated heterocycles. The van der Waals surface area contributed by atoms with E-state index in [1.54, 1.807) is 12.1 Å². The Morgan fingerprint density at radius 1 is 0.742 bits per heavy atom. The third kappa shape index (κ3) is 4.35. The number of hydrogen-bond donors (Lipinski definition) is 0. The van der Waals surface area contributed by atoms with E-state index in [0.29, 0.717) is 0 Å². The van der Waals surface area contributed by atoms with Gasteiger partial charge in [-0.3, -0.25) is 0 Å². The molecule has 0 amide bonds. The summed E-state index contributed by atoms with van der Waals surface area (Å²) in [4.78, 5) is 0. The van der Waals surface area contributed by atoms with E-state index in [1.165, 1.54) is 18.2 Å². The lowest BCUT2D eigenvalue weighted by molar-refractivity contribution is 0.0395. The molecule has 0 aliphatic carbocycles. The molecule has 0 bridgehead atoms. The van der Waals surface area contributed by atoms with Crippen LogP contribution in [0.1, 0.15) is 44.3 Å². The highest BCUT2D eigenvalue weighted by Gasteiger charge is 2.26. The van der Waals surface area contributed by atoms with Crippen LogP contribution in [0.5, 0.6) is 0 Å². The first kappa shape index (κ1) is 21.5. The summed E-state index contributed by atoms with van der Waals surface area (Å²) in [5, 5.41) is 0. The molecule has 6 heteroatoms. The van der Waals surface area contributed by atoms with Crippen molar-refractivity contribution in [2.75, 3.05) is 0 Å². The number of hydrogen-bond acceptors (Lipinski definition) is 1. The molecule has 0 saturated carbocycles. The van der Waals surface area contributed by atoms with Crippen LogP contribution in [0, 0.1) is 29.1 Å². The third-order valence-electron chi connectivity index (χ3n) is 5.66. The van der Waals surface area contributed by atoms with E-state index in [1.807, 2.05) is 0 Å². The van der Waals surface area contributed by atoms with Crippen molar-refractivity contribution in [1.29, 1.82) is 0 Å². The summed E-state index contributed by atoms with van der Waals surface area (Å²) < 4.78 is 75.6. The summed E-state index contributed by atoms with van der Waals surface area (Å²) in [7, 11) is 0. The Hall–Kier alpha value is -2.73. The molecular formula is C25H21F5O. The van der Waals surface area contributed by atoms with Crippen molar-refractivity contribution in [1.82, 2.24) is 0 Å². The molecule has 1 nitrogen and oxygen atoms in total. The van der Waals surface area contributed by atoms with Crippen molar-refractivity contribution >= 4 is 0 Å². The standard InChI is InChI=1S/C25H21F5O/c1-2-3-17-6-9-24(31-17)15-5-8-18(21(27)11-15)14-4-7-19(20(26)10-14)16-12-22(28)25(30)23(29)13-16/h4-5,7-8,10-13,17,24H,2-3,6,9H2,1H3. The second-order valence-corrected chi connectivity index (χ2v) is 7.80. The van der Waals surface area contributed by atoms with E-state index in [9.17, 15) is 22.0 Å². The highest BCUT2D eigenvalue weighted by Crippen LogP contribution is 2.37. The van der Waals surface area contributed by atoms with E-state index < -0.39 is 29.1 Å². The SMILES string of the molecule is CCCC1CCC(c2ccc(-c3ccc(-c4cc(F)c(F)c(F)c4)c(F)c3)c(F)c2)O1. The first-order chi connectivity index (χ1) is 14.9. The molecule has 162 valence electrons. The summed E-state index contributed by atoms with van der Waals surface area (Å²) in [6, 6.07) is 10.0. The van der Waals surface area contributed by atoms with Crippen molar-refractivity contribution in [3.8, 4) is 22.3 Å². The van der Waals surface area contributed by atoms with Gasteiger partial charge in [0.05, 0.1) is 12.2 Å². The van der Waals surface area contributed by atoms with Gasteiger partial charge in [-0.2, -0.15) is 0 Å². The molecule has 3 aromatic rings. The van der Waals surface area contributed by atoms with Crippen LogP contribution in [0.25, 0.3) is 22.3 Å². The summed E-state index contributed by atoms with van der Waals surface area (Å²) in [5.74, 6) is -5.74. The largest absolute Gasteiger partial charge is 0.370 e. The normalized spacial score (nSPS) is 18.5. The van der Waals surface area contributed by atoms with Crippen LogP contribution in [0.3, 0.4) is 0 Å². The smallest absolute Gasteiger partial charge is 0.194 e. The minimum atomic E-state index is -1.62. The molecule has 4 rings (SSSR count). The first-order valence-electron chi connectivity index (χ1n) is 10.3. The van der Waals surface area contributed by atoms with E-state index in [2.05, 4.69) is 6.92 Å². The van der Waals surface area contributed by atoms with Crippen LogP contribution in [0.15, 0.2) is 48.5 Å². The van der Waals surface area contributed by atoms with Gasteiger partial charge in [-0.1, -0.05) is 37.6 Å². The minimum Gasteiger partial charge on any atom is -0.370 e. The van der Waals surface area contributed by atoms with Crippen LogP contribution in [-0.2, 0) is 4.74 Å². The molecule has 31 heavy (non-hydrogen) atoms. The molecule has 0 aromatic heterocycles. The zero-order valence-electron chi connectivity index (χ0n) is 16.9. The van der Waals surface area contributed by atoms with Crippen molar-refractivity contribution in [3.05, 3.63) is 83.2 Å². The summed E-state index contributed by atoms with van der Waals surface area (Å²) in [6.07, 6.45) is 3.83. The van der Waals surface area contributed by atoms with E-state index in [-0.39, 0.29) is 34.5 Å². The van der Waals surface area contributed by atoms with Crippen molar-refractivity contribution in [2.24, 2.45) is 0 Å². The van der Waals surface area contributed by atoms with Crippen LogP contribution in [0.4, 0.5) is 22.0 Å². The van der Waals surface area contributed by atoms with Gasteiger partial charge in [0.15, 0.2) is 17.5 Å². The highest BCUT2D eigenvalue weighted by atomic mass is 19.2. The zero-order chi connectivity index (χ0) is 22.1. The van der Waals surface area contributed by atoms with Crippen LogP contribution in [-0.4, -0.2) is 6.10 Å². The maximum atomic E-state index is 14.8. The van der Waals surface area contributed by atoms with Gasteiger partial charge in [0, 0.05) is 11.1 Å². The van der Waals surface area contributed by atoms with Gasteiger partial charge in [0.1, 0.15) is 11.6 Å². The fourth-order valence-corrected chi connectivity index (χ4v) is 4.08. The Morgan fingerprint density at radius 2 is 1.35 bits per heavy atom. The summed E-state index contributed by atoms with van der Waals surface area (Å²) in [5.41, 5.74) is 0.976. The van der Waals surface area contributed by atoms with Gasteiger partial charge in [-0.25, -0.2) is 22.0 Å². The van der Waals surface area contributed by atoms with Crippen LogP contribution in [0.2, 0.25) is 0 Å². The second-order valence-electron chi connectivity index (χ2n) is 7.80. The zero-order valence-corrected chi connectivity index (χ0v) is 16.9. The van der Waals surface area contributed by atoms with Crippen LogP contribution < -0.4 is 0 Å². The fourth-order valence-electron chi connectivity index (χ4n) is 4.08. The molecule has 0 radical (unpaired) electrons. The van der Waals surface area contributed by atoms with Gasteiger partial charge in [0.25, 0.3) is 0 Å². The molecule has 0 spiro atoms. The lowest BCUT2D eigenvalue weighted by atomic mass is 9.97. The molecule has 2 unspecified atom stereocenters. The molecule has 1 fully saturated rings. The number of halogens is 5. The highest BCUT2D eigenvalue weighted by molar-refractivity contribution is 5.71. The topological polar surface area (TPSA) is 9.23 Å². The third-order valence-corrected chi connectivity index (χ3v) is 5.66. The molecule has 3 aromatic carbocycles. The lowest BCUT2D eigenvalue weighted by Crippen LogP contribution is -2.06. The minimum absolute atomic E-state index is 0.111. The average Bonchev–Trinajstić information content (AvgIpc) is 3.20. The lowest BCUT2D eigenvalue weighted by Gasteiger charge is -2.15. The van der Waals surface area contributed by atoms with Gasteiger partial charge in [-0.15, -0.1) is 0 Å². The maximum absolute atomic E-state index is 14.8. The van der Waals surface area contributed by atoms with E-state index in [4.69, 9.17) is 4.74 Å². The van der Waals surface area contributed by atoms with Gasteiger partial charge in [-0.05, 0) is 60.2 Å². The predicted octanol–water partition coefficient (Wildman–Crippen LogP) is 7.74. The van der Waals surface area contributed by atoms with Gasteiger partial charge in [0.2, 0.25) is 0 Å². The van der Waals surface area contributed by atoms with Crippen molar-refractivity contribution in [2.45, 2.75) is 44.8 Å². The number of rotatable bonds is 5. The monoisotopic (exact) mass is 432 g/mol.